The first-order valence-electron chi connectivity index (χ1n) is 11.1. The Hall–Kier alpha value is -2.95. The number of ether oxygens (including phenoxy) is 1. The number of halogens is 4. The van der Waals surface area contributed by atoms with Crippen molar-refractivity contribution in [1.82, 2.24) is 19.5 Å². The topological polar surface area (TPSA) is 76.9 Å². The van der Waals surface area contributed by atoms with E-state index in [4.69, 9.17) is 4.74 Å². The van der Waals surface area contributed by atoms with Crippen LogP contribution in [0, 0.1) is 17.5 Å². The molecule has 0 bridgehead atoms. The van der Waals surface area contributed by atoms with Crippen molar-refractivity contribution in [3.63, 3.8) is 0 Å². The molecule has 176 valence electrons. The second-order valence-electron chi connectivity index (χ2n) is 8.50. The van der Waals surface area contributed by atoms with Crippen molar-refractivity contribution in [1.29, 1.82) is 0 Å². The molecule has 1 saturated heterocycles. The van der Waals surface area contributed by atoms with Gasteiger partial charge in [-0.15, -0.1) is 0 Å². The third kappa shape index (κ3) is 4.46. The van der Waals surface area contributed by atoms with Crippen molar-refractivity contribution in [2.24, 2.45) is 0 Å². The molecule has 1 aromatic carbocycles. The van der Waals surface area contributed by atoms with Crippen LogP contribution in [0.25, 0.3) is 11.2 Å². The fourth-order valence-corrected chi connectivity index (χ4v) is 4.54. The van der Waals surface area contributed by atoms with Crippen LogP contribution in [0.1, 0.15) is 44.6 Å². The Labute approximate surface area is 187 Å². The van der Waals surface area contributed by atoms with Gasteiger partial charge in [-0.2, -0.15) is 4.98 Å². The van der Waals surface area contributed by atoms with Gasteiger partial charge < -0.3 is 15.4 Å². The fourth-order valence-electron chi connectivity index (χ4n) is 4.54. The Morgan fingerprint density at radius 2 is 1.76 bits per heavy atom. The van der Waals surface area contributed by atoms with E-state index in [2.05, 4.69) is 25.6 Å². The van der Waals surface area contributed by atoms with Crippen molar-refractivity contribution in [3.8, 4) is 0 Å². The summed E-state index contributed by atoms with van der Waals surface area (Å²) in [6.45, 7) is 0.464. The SMILES string of the molecule is Fc1cc(F)c(Nc2nc3cnc(N[C@H]4CCOC[C@H]4F)nc3n2C2CCCCC2)c(F)c1. The maximum Gasteiger partial charge on any atom is 0.225 e. The number of nitrogens with one attached hydrogen (secondary N) is 2. The molecule has 2 atom stereocenters. The zero-order valence-electron chi connectivity index (χ0n) is 17.8. The molecular weight excluding hydrogens is 440 g/mol. The molecule has 1 saturated carbocycles. The van der Waals surface area contributed by atoms with Crippen LogP contribution < -0.4 is 10.6 Å². The van der Waals surface area contributed by atoms with E-state index >= 15 is 0 Å². The lowest BCUT2D eigenvalue weighted by Crippen LogP contribution is -2.39. The van der Waals surface area contributed by atoms with Gasteiger partial charge >= 0.3 is 0 Å². The molecule has 2 fully saturated rings. The number of nitrogens with zero attached hydrogens (tertiary/aromatic N) is 4. The van der Waals surface area contributed by atoms with Gasteiger partial charge in [-0.05, 0) is 19.3 Å². The summed E-state index contributed by atoms with van der Waals surface area (Å²) < 4.78 is 63.2. The zero-order chi connectivity index (χ0) is 22.9. The maximum atomic E-state index is 14.3. The minimum atomic E-state index is -1.18. The van der Waals surface area contributed by atoms with Crippen LogP contribution in [-0.4, -0.2) is 44.9 Å². The number of hydrogen-bond acceptors (Lipinski definition) is 6. The van der Waals surface area contributed by atoms with Crippen molar-refractivity contribution < 1.29 is 22.3 Å². The molecule has 0 unspecified atom stereocenters. The van der Waals surface area contributed by atoms with E-state index in [-0.39, 0.29) is 24.5 Å². The number of benzene rings is 1. The Balaban J connectivity index is 1.54. The molecule has 2 aliphatic rings. The molecule has 1 aliphatic carbocycles. The number of rotatable bonds is 5. The summed E-state index contributed by atoms with van der Waals surface area (Å²) in [7, 11) is 0. The molecule has 1 aliphatic heterocycles. The number of imidazole rings is 1. The van der Waals surface area contributed by atoms with Crippen molar-refractivity contribution >= 4 is 28.7 Å². The van der Waals surface area contributed by atoms with Crippen LogP contribution in [0.3, 0.4) is 0 Å². The van der Waals surface area contributed by atoms with Gasteiger partial charge in [0.15, 0.2) is 17.3 Å². The van der Waals surface area contributed by atoms with Crippen LogP contribution in [0.15, 0.2) is 18.3 Å². The average molecular weight is 464 g/mol. The van der Waals surface area contributed by atoms with Gasteiger partial charge in [-0.3, -0.25) is 4.57 Å². The van der Waals surface area contributed by atoms with Gasteiger partial charge in [-0.25, -0.2) is 27.5 Å². The smallest absolute Gasteiger partial charge is 0.225 e. The first kappa shape index (κ1) is 21.9. The number of anilines is 3. The Morgan fingerprint density at radius 3 is 2.48 bits per heavy atom. The van der Waals surface area contributed by atoms with Crippen LogP contribution in [-0.2, 0) is 4.74 Å². The highest BCUT2D eigenvalue weighted by Gasteiger charge is 2.28. The molecule has 3 aromatic rings. The molecule has 0 amide bonds. The predicted molar refractivity (Wildman–Crippen MR) is 115 cm³/mol. The third-order valence-electron chi connectivity index (χ3n) is 6.22. The minimum Gasteiger partial charge on any atom is -0.378 e. The lowest BCUT2D eigenvalue weighted by molar-refractivity contribution is 0.0284. The normalized spacial score (nSPS) is 21.9. The van der Waals surface area contributed by atoms with E-state index in [0.29, 0.717) is 36.3 Å². The van der Waals surface area contributed by atoms with Gasteiger partial charge in [0.2, 0.25) is 11.9 Å². The van der Waals surface area contributed by atoms with Gasteiger partial charge in [0.25, 0.3) is 0 Å². The monoisotopic (exact) mass is 464 g/mol. The second kappa shape index (κ2) is 9.12. The maximum absolute atomic E-state index is 14.3. The van der Waals surface area contributed by atoms with E-state index in [0.717, 1.165) is 32.1 Å². The summed E-state index contributed by atoms with van der Waals surface area (Å²) in [5, 5.41) is 5.74. The molecule has 3 heterocycles. The van der Waals surface area contributed by atoms with E-state index < -0.39 is 35.4 Å². The molecule has 2 aromatic heterocycles. The van der Waals surface area contributed by atoms with Gasteiger partial charge in [0.05, 0.1) is 18.8 Å². The van der Waals surface area contributed by atoms with Gasteiger partial charge in [-0.1, -0.05) is 19.3 Å². The summed E-state index contributed by atoms with van der Waals surface area (Å²) in [6, 6.07) is 0.768. The van der Waals surface area contributed by atoms with E-state index in [1.165, 1.54) is 6.20 Å². The minimum absolute atomic E-state index is 0.0116. The second-order valence-corrected chi connectivity index (χ2v) is 8.50. The highest BCUT2D eigenvalue weighted by molar-refractivity contribution is 5.76. The largest absolute Gasteiger partial charge is 0.378 e. The number of alkyl halides is 1. The van der Waals surface area contributed by atoms with E-state index in [1.807, 2.05) is 4.57 Å². The molecule has 0 spiro atoms. The predicted octanol–water partition coefficient (Wildman–Crippen LogP) is 5.03. The number of fused-ring (bicyclic) bond motifs is 1. The quantitative estimate of drug-likeness (QED) is 0.516. The Kier molecular flexibility index (Phi) is 6.05. The number of hydrogen-bond donors (Lipinski definition) is 2. The standard InChI is InChI=1S/C22H24F4N6O/c23-12-8-14(24)19(15(25)9-12)30-22-29-18-10-27-21(28-17-6-7-33-11-16(17)26)31-20(18)32(22)13-4-2-1-3-5-13/h8-10,13,16-17H,1-7,11H2,(H,29,30)(H,27,28,31)/t16-,17+/m1/s1. The summed E-state index contributed by atoms with van der Waals surface area (Å²) in [5.41, 5.74) is 0.421. The van der Waals surface area contributed by atoms with E-state index in [1.54, 1.807) is 0 Å². The Morgan fingerprint density at radius 1 is 1.00 bits per heavy atom. The van der Waals surface area contributed by atoms with Crippen molar-refractivity contribution in [3.05, 3.63) is 35.8 Å². The highest BCUT2D eigenvalue weighted by atomic mass is 19.1. The van der Waals surface area contributed by atoms with Crippen molar-refractivity contribution in [2.45, 2.75) is 56.8 Å². The van der Waals surface area contributed by atoms with E-state index in [9.17, 15) is 17.6 Å². The molecule has 0 radical (unpaired) electrons. The van der Waals surface area contributed by atoms with Crippen LogP contribution in [0.2, 0.25) is 0 Å². The summed E-state index contributed by atoms with van der Waals surface area (Å²) in [4.78, 5) is 13.3. The molecule has 33 heavy (non-hydrogen) atoms. The Bertz CT molecular complexity index is 1130. The highest BCUT2D eigenvalue weighted by Crippen LogP contribution is 2.35. The van der Waals surface area contributed by atoms with Gasteiger partial charge in [0, 0.05) is 24.8 Å². The van der Waals surface area contributed by atoms with Crippen molar-refractivity contribution in [2.75, 3.05) is 23.8 Å². The molecule has 7 nitrogen and oxygen atoms in total. The van der Waals surface area contributed by atoms with Crippen LogP contribution >= 0.6 is 0 Å². The summed E-state index contributed by atoms with van der Waals surface area (Å²) >= 11 is 0. The summed E-state index contributed by atoms with van der Waals surface area (Å²) in [5.74, 6) is -2.67. The third-order valence-corrected chi connectivity index (χ3v) is 6.22. The first-order chi connectivity index (χ1) is 16.0. The fraction of sp³-hybridized carbons (Fsp3) is 0.500. The van der Waals surface area contributed by atoms with Gasteiger partial charge in [0.1, 0.15) is 23.2 Å². The molecular formula is C22H24F4N6O. The average Bonchev–Trinajstić information content (AvgIpc) is 3.15. The van der Waals surface area contributed by atoms with Crippen LogP contribution in [0.5, 0.6) is 0 Å². The number of aromatic nitrogens is 4. The zero-order valence-corrected chi connectivity index (χ0v) is 17.8. The molecule has 5 rings (SSSR count). The molecule has 2 N–H and O–H groups in total. The summed E-state index contributed by atoms with van der Waals surface area (Å²) in [6.07, 6.45) is 5.64. The van der Waals surface area contributed by atoms with Crippen LogP contribution in [0.4, 0.5) is 35.1 Å². The molecule has 11 heteroatoms. The lowest BCUT2D eigenvalue weighted by Gasteiger charge is -2.27. The first-order valence-corrected chi connectivity index (χ1v) is 11.1. The lowest BCUT2D eigenvalue weighted by atomic mass is 9.95.